The Kier molecular flexibility index (Phi) is 3.98. The highest BCUT2D eigenvalue weighted by molar-refractivity contribution is 7.89. The lowest BCUT2D eigenvalue weighted by Gasteiger charge is -2.23. The molecule has 0 aliphatic carbocycles. The van der Waals surface area contributed by atoms with Crippen molar-refractivity contribution in [2.75, 3.05) is 14.2 Å². The van der Waals surface area contributed by atoms with Gasteiger partial charge in [0, 0.05) is 14.2 Å². The van der Waals surface area contributed by atoms with Crippen LogP contribution in [0.1, 0.15) is 5.56 Å². The van der Waals surface area contributed by atoms with Crippen molar-refractivity contribution in [3.8, 4) is 0 Å². The molecule has 1 saturated heterocycles. The van der Waals surface area contributed by atoms with Crippen LogP contribution in [0.5, 0.6) is 0 Å². The maximum atomic E-state index is 12.5. The van der Waals surface area contributed by atoms with E-state index >= 15 is 0 Å². The van der Waals surface area contributed by atoms with Crippen LogP contribution in [0.4, 0.5) is 4.79 Å². The third kappa shape index (κ3) is 2.37. The minimum absolute atomic E-state index is 0.0250. The van der Waals surface area contributed by atoms with Gasteiger partial charge in [-0.1, -0.05) is 17.7 Å². The molecular weight excluding hydrogens is 284 g/mol. The summed E-state index contributed by atoms with van der Waals surface area (Å²) in [5, 5.41) is 2.40. The average molecular weight is 300 g/mol. The topological polar surface area (TPSA) is 84.9 Å². The van der Waals surface area contributed by atoms with E-state index in [0.29, 0.717) is 4.31 Å². The minimum atomic E-state index is -3.99. The van der Waals surface area contributed by atoms with Crippen molar-refractivity contribution < 1.29 is 22.7 Å². The van der Waals surface area contributed by atoms with Gasteiger partial charge in [0.25, 0.3) is 10.0 Å². The molecule has 0 saturated carbocycles. The number of hydrogen-bond acceptors (Lipinski definition) is 5. The number of nitrogens with zero attached hydrogens (tertiary/aromatic N) is 1. The molecule has 2 atom stereocenters. The molecule has 0 bridgehead atoms. The van der Waals surface area contributed by atoms with Crippen LogP contribution in [0.3, 0.4) is 0 Å². The van der Waals surface area contributed by atoms with Crippen LogP contribution in [0.25, 0.3) is 0 Å². The molecule has 7 nitrogen and oxygen atoms in total. The maximum Gasteiger partial charge on any atom is 0.335 e. The van der Waals surface area contributed by atoms with E-state index in [2.05, 4.69) is 5.32 Å². The number of nitrogens with one attached hydrogen (secondary N) is 1. The van der Waals surface area contributed by atoms with Gasteiger partial charge in [0.1, 0.15) is 0 Å². The zero-order valence-corrected chi connectivity index (χ0v) is 12.2. The first-order valence-corrected chi connectivity index (χ1v) is 7.33. The third-order valence-electron chi connectivity index (χ3n) is 3.03. The van der Waals surface area contributed by atoms with E-state index in [4.69, 9.17) is 9.47 Å². The summed E-state index contributed by atoms with van der Waals surface area (Å²) in [6.07, 6.45) is -1.88. The maximum absolute atomic E-state index is 12.5. The van der Waals surface area contributed by atoms with E-state index in [1.807, 2.05) is 6.92 Å². The second kappa shape index (κ2) is 5.39. The summed E-state index contributed by atoms with van der Waals surface area (Å²) >= 11 is 0. The fourth-order valence-electron chi connectivity index (χ4n) is 1.96. The summed E-state index contributed by atoms with van der Waals surface area (Å²) in [7, 11) is -1.32. The summed E-state index contributed by atoms with van der Waals surface area (Å²) in [4.78, 5) is 11.9. The Balaban J connectivity index is 2.42. The molecule has 1 aromatic rings. The molecule has 110 valence electrons. The molecule has 0 spiro atoms. The third-order valence-corrected chi connectivity index (χ3v) is 4.79. The summed E-state index contributed by atoms with van der Waals surface area (Å²) < 4.78 is 35.8. The number of carbonyl (C=O) groups excluding carboxylic acids is 1. The monoisotopic (exact) mass is 300 g/mol. The lowest BCUT2D eigenvalue weighted by Crippen LogP contribution is -2.42. The zero-order chi connectivity index (χ0) is 14.9. The molecule has 8 heteroatoms. The molecule has 1 fully saturated rings. The highest BCUT2D eigenvalue weighted by atomic mass is 32.2. The first-order valence-electron chi connectivity index (χ1n) is 5.89. The van der Waals surface area contributed by atoms with Crippen LogP contribution in [0, 0.1) is 6.92 Å². The van der Waals surface area contributed by atoms with Crippen LogP contribution in [0.2, 0.25) is 0 Å². The fraction of sp³-hybridized carbons (Fsp3) is 0.417. The van der Waals surface area contributed by atoms with E-state index < -0.39 is 28.5 Å². The van der Waals surface area contributed by atoms with Crippen molar-refractivity contribution in [1.82, 2.24) is 9.62 Å². The van der Waals surface area contributed by atoms with E-state index in [9.17, 15) is 13.2 Å². The Bertz CT molecular complexity index is 599. The lowest BCUT2D eigenvalue weighted by molar-refractivity contribution is -0.0579. The number of carbonyl (C=O) groups is 1. The number of ether oxygens (including phenoxy) is 2. The predicted molar refractivity (Wildman–Crippen MR) is 70.3 cm³/mol. The van der Waals surface area contributed by atoms with Gasteiger partial charge in [0.05, 0.1) is 4.90 Å². The minimum Gasteiger partial charge on any atom is -0.357 e. The van der Waals surface area contributed by atoms with Gasteiger partial charge in [-0.05, 0) is 19.1 Å². The number of benzene rings is 1. The summed E-state index contributed by atoms with van der Waals surface area (Å²) in [5.74, 6) is 0. The van der Waals surface area contributed by atoms with Crippen molar-refractivity contribution in [2.45, 2.75) is 24.3 Å². The molecular formula is C12H16N2O5S. The lowest BCUT2D eigenvalue weighted by atomic mass is 10.2. The first-order chi connectivity index (χ1) is 9.41. The van der Waals surface area contributed by atoms with E-state index in [-0.39, 0.29) is 4.90 Å². The van der Waals surface area contributed by atoms with Crippen molar-refractivity contribution in [3.05, 3.63) is 29.8 Å². The van der Waals surface area contributed by atoms with Crippen LogP contribution in [-0.2, 0) is 19.5 Å². The van der Waals surface area contributed by atoms with Crippen molar-refractivity contribution >= 4 is 16.1 Å². The van der Waals surface area contributed by atoms with Gasteiger partial charge in [0.2, 0.25) is 0 Å². The van der Waals surface area contributed by atoms with E-state index in [1.165, 1.54) is 26.4 Å². The smallest absolute Gasteiger partial charge is 0.335 e. The highest BCUT2D eigenvalue weighted by Gasteiger charge is 2.47. The molecule has 1 N–H and O–H groups in total. The zero-order valence-electron chi connectivity index (χ0n) is 11.4. The van der Waals surface area contributed by atoms with Gasteiger partial charge in [-0.25, -0.2) is 13.2 Å². The van der Waals surface area contributed by atoms with E-state index in [0.717, 1.165) is 5.56 Å². The molecule has 1 heterocycles. The number of hydrogen-bond donors (Lipinski definition) is 1. The second-order valence-corrected chi connectivity index (χ2v) is 6.16. The Morgan fingerprint density at radius 2 is 1.75 bits per heavy atom. The fourth-order valence-corrected chi connectivity index (χ4v) is 3.41. The molecule has 1 aliphatic rings. The average Bonchev–Trinajstić information content (AvgIpc) is 2.75. The van der Waals surface area contributed by atoms with Crippen LogP contribution >= 0.6 is 0 Å². The molecule has 0 unspecified atom stereocenters. The van der Waals surface area contributed by atoms with Crippen LogP contribution in [-0.4, -0.2) is 45.4 Å². The Hall–Kier alpha value is -1.64. The highest BCUT2D eigenvalue weighted by Crippen LogP contribution is 2.25. The van der Waals surface area contributed by atoms with Crippen molar-refractivity contribution in [1.29, 1.82) is 0 Å². The van der Waals surface area contributed by atoms with Crippen molar-refractivity contribution in [2.24, 2.45) is 0 Å². The molecule has 1 aliphatic heterocycles. The summed E-state index contributed by atoms with van der Waals surface area (Å²) in [6, 6.07) is 5.45. The Morgan fingerprint density at radius 1 is 1.15 bits per heavy atom. The molecule has 1 aromatic carbocycles. The molecule has 0 aromatic heterocycles. The SMILES string of the molecule is CO[C@@H]1NC(=O)N(S(=O)(=O)c2ccc(C)cc2)[C@H]1OC. The Morgan fingerprint density at radius 3 is 2.25 bits per heavy atom. The normalized spacial score (nSPS) is 22.9. The summed E-state index contributed by atoms with van der Waals surface area (Å²) in [6.45, 7) is 1.85. The van der Waals surface area contributed by atoms with Gasteiger partial charge >= 0.3 is 6.03 Å². The number of amides is 2. The number of aryl methyl sites for hydroxylation is 1. The molecule has 2 amide bonds. The van der Waals surface area contributed by atoms with E-state index in [1.54, 1.807) is 12.1 Å². The largest absolute Gasteiger partial charge is 0.357 e. The van der Waals surface area contributed by atoms with Crippen molar-refractivity contribution in [3.63, 3.8) is 0 Å². The first kappa shape index (κ1) is 14.8. The Labute approximate surface area is 117 Å². The molecule has 2 rings (SSSR count). The standard InChI is InChI=1S/C12H16N2O5S/c1-8-4-6-9(7-5-8)20(16,17)14-11(19-3)10(18-2)13-12(14)15/h4-7,10-11H,1-3H3,(H,13,15)/t10-,11-/m0/s1. The number of methoxy groups -OCH3 is 2. The predicted octanol–water partition coefficient (Wildman–Crippen LogP) is 0.654. The molecule has 0 radical (unpaired) electrons. The van der Waals surface area contributed by atoms with Gasteiger partial charge in [-0.15, -0.1) is 0 Å². The quantitative estimate of drug-likeness (QED) is 0.882. The van der Waals surface area contributed by atoms with Crippen LogP contribution < -0.4 is 5.32 Å². The summed E-state index contributed by atoms with van der Waals surface area (Å²) in [5.41, 5.74) is 0.924. The van der Waals surface area contributed by atoms with Gasteiger partial charge in [-0.2, -0.15) is 4.31 Å². The van der Waals surface area contributed by atoms with Gasteiger partial charge < -0.3 is 14.8 Å². The van der Waals surface area contributed by atoms with Crippen LogP contribution in [0.15, 0.2) is 29.2 Å². The molecule has 20 heavy (non-hydrogen) atoms. The van der Waals surface area contributed by atoms with Gasteiger partial charge in [0.15, 0.2) is 12.5 Å². The van der Waals surface area contributed by atoms with Gasteiger partial charge in [-0.3, -0.25) is 0 Å². The number of urea groups is 1. The number of sulfonamides is 1. The second-order valence-electron chi connectivity index (χ2n) is 4.35. The number of rotatable bonds is 4.